The number of hydrogen-bond donors (Lipinski definition) is 1. The third-order valence-electron chi connectivity index (χ3n) is 1.33. The second-order valence-electron chi connectivity index (χ2n) is 2.39. The van der Waals surface area contributed by atoms with Gasteiger partial charge in [-0.05, 0) is 25.5 Å². The summed E-state index contributed by atoms with van der Waals surface area (Å²) >= 11 is 7.40. The van der Waals surface area contributed by atoms with E-state index >= 15 is 0 Å². The van der Waals surface area contributed by atoms with E-state index in [1.165, 1.54) is 0 Å². The van der Waals surface area contributed by atoms with Crippen molar-refractivity contribution in [2.75, 3.05) is 0 Å². The number of nitrogens with two attached hydrogens (primary N) is 1. The van der Waals surface area contributed by atoms with Crippen LogP contribution in [0.4, 0.5) is 0 Å². The SMILES string of the molecule is Cc1cc(C(C)N)sc1Cl. The molecule has 0 aromatic carbocycles. The van der Waals surface area contributed by atoms with E-state index in [9.17, 15) is 0 Å². The lowest BCUT2D eigenvalue weighted by Crippen LogP contribution is -2.01. The Morgan fingerprint density at radius 2 is 2.30 bits per heavy atom. The molecule has 1 aromatic rings. The molecule has 0 fully saturated rings. The Kier molecular flexibility index (Phi) is 2.34. The second kappa shape index (κ2) is 2.91. The van der Waals surface area contributed by atoms with Gasteiger partial charge in [-0.25, -0.2) is 0 Å². The maximum Gasteiger partial charge on any atom is 0.0960 e. The van der Waals surface area contributed by atoms with Crippen molar-refractivity contribution in [2.24, 2.45) is 5.73 Å². The molecule has 1 rings (SSSR count). The molecule has 56 valence electrons. The molecule has 0 spiro atoms. The minimum absolute atomic E-state index is 0.108. The Morgan fingerprint density at radius 3 is 2.50 bits per heavy atom. The molecule has 0 saturated heterocycles. The number of halogens is 1. The van der Waals surface area contributed by atoms with E-state index in [-0.39, 0.29) is 6.04 Å². The van der Waals surface area contributed by atoms with Crippen LogP contribution in [0.1, 0.15) is 23.4 Å². The Hall–Kier alpha value is -0.0500. The molecule has 0 bridgehead atoms. The summed E-state index contributed by atoms with van der Waals surface area (Å²) in [6.45, 7) is 3.95. The van der Waals surface area contributed by atoms with Crippen LogP contribution >= 0.6 is 22.9 Å². The Balaban J connectivity index is 2.98. The average molecular weight is 176 g/mol. The normalized spacial score (nSPS) is 13.6. The van der Waals surface area contributed by atoms with Crippen LogP contribution in [-0.2, 0) is 0 Å². The molecule has 0 aliphatic heterocycles. The number of hydrogen-bond acceptors (Lipinski definition) is 2. The van der Waals surface area contributed by atoms with E-state index in [2.05, 4.69) is 0 Å². The van der Waals surface area contributed by atoms with E-state index in [1.54, 1.807) is 11.3 Å². The molecule has 1 heterocycles. The van der Waals surface area contributed by atoms with Gasteiger partial charge in [0, 0.05) is 10.9 Å². The molecule has 3 heteroatoms. The zero-order valence-corrected chi connectivity index (χ0v) is 7.59. The van der Waals surface area contributed by atoms with Gasteiger partial charge >= 0.3 is 0 Å². The van der Waals surface area contributed by atoms with Gasteiger partial charge in [-0.15, -0.1) is 11.3 Å². The quantitative estimate of drug-likeness (QED) is 0.698. The zero-order chi connectivity index (χ0) is 7.72. The van der Waals surface area contributed by atoms with Gasteiger partial charge in [0.05, 0.1) is 4.34 Å². The van der Waals surface area contributed by atoms with Gasteiger partial charge in [-0.2, -0.15) is 0 Å². The molecule has 1 aromatic heterocycles. The first-order valence-corrected chi connectivity index (χ1v) is 4.32. The third kappa shape index (κ3) is 1.51. The molecule has 0 saturated carbocycles. The van der Waals surface area contributed by atoms with Crippen molar-refractivity contribution in [2.45, 2.75) is 19.9 Å². The van der Waals surface area contributed by atoms with E-state index in [1.807, 2.05) is 19.9 Å². The molecule has 2 N–H and O–H groups in total. The standard InChI is InChI=1S/C7H10ClNS/c1-4-3-6(5(2)9)10-7(4)8/h3,5H,9H2,1-2H3. The lowest BCUT2D eigenvalue weighted by atomic mass is 10.2. The van der Waals surface area contributed by atoms with Gasteiger partial charge in [-0.1, -0.05) is 11.6 Å². The highest BCUT2D eigenvalue weighted by molar-refractivity contribution is 7.16. The van der Waals surface area contributed by atoms with Gasteiger partial charge in [0.1, 0.15) is 0 Å². The van der Waals surface area contributed by atoms with Gasteiger partial charge < -0.3 is 5.73 Å². The van der Waals surface area contributed by atoms with Crippen LogP contribution in [0.15, 0.2) is 6.07 Å². The molecule has 0 radical (unpaired) electrons. The minimum atomic E-state index is 0.108. The fourth-order valence-corrected chi connectivity index (χ4v) is 1.88. The fraction of sp³-hybridized carbons (Fsp3) is 0.429. The highest BCUT2D eigenvalue weighted by Gasteiger charge is 2.05. The number of aryl methyl sites for hydroxylation is 1. The average Bonchev–Trinajstić information content (AvgIpc) is 2.13. The Labute approximate surface area is 69.8 Å². The van der Waals surface area contributed by atoms with Crippen molar-refractivity contribution >= 4 is 22.9 Å². The summed E-state index contributed by atoms with van der Waals surface area (Å²) in [6, 6.07) is 2.15. The van der Waals surface area contributed by atoms with Crippen molar-refractivity contribution < 1.29 is 0 Å². The van der Waals surface area contributed by atoms with Crippen molar-refractivity contribution in [1.29, 1.82) is 0 Å². The predicted molar refractivity (Wildman–Crippen MR) is 46.7 cm³/mol. The van der Waals surface area contributed by atoms with Crippen molar-refractivity contribution in [3.05, 3.63) is 20.8 Å². The van der Waals surface area contributed by atoms with Crippen LogP contribution < -0.4 is 5.73 Å². The molecular formula is C7H10ClNS. The van der Waals surface area contributed by atoms with Gasteiger partial charge in [0.25, 0.3) is 0 Å². The van der Waals surface area contributed by atoms with Gasteiger partial charge in [-0.3, -0.25) is 0 Å². The monoisotopic (exact) mass is 175 g/mol. The van der Waals surface area contributed by atoms with E-state index in [0.717, 1.165) is 14.8 Å². The summed E-state index contributed by atoms with van der Waals surface area (Å²) < 4.78 is 0.854. The zero-order valence-electron chi connectivity index (χ0n) is 6.02. The van der Waals surface area contributed by atoms with Gasteiger partial charge in [0.15, 0.2) is 0 Å². The number of rotatable bonds is 1. The van der Waals surface area contributed by atoms with Crippen LogP contribution in [0, 0.1) is 6.92 Å². The second-order valence-corrected chi connectivity index (χ2v) is 4.08. The van der Waals surface area contributed by atoms with E-state index < -0.39 is 0 Å². The number of thiophene rings is 1. The molecule has 0 aliphatic rings. The van der Waals surface area contributed by atoms with Crippen LogP contribution in [0.2, 0.25) is 4.34 Å². The summed E-state index contributed by atoms with van der Waals surface area (Å²) in [5.74, 6) is 0. The highest BCUT2D eigenvalue weighted by Crippen LogP contribution is 2.29. The third-order valence-corrected chi connectivity index (χ3v) is 3.08. The predicted octanol–water partition coefficient (Wildman–Crippen LogP) is 2.73. The van der Waals surface area contributed by atoms with Crippen molar-refractivity contribution in [1.82, 2.24) is 0 Å². The molecule has 1 atom stereocenters. The van der Waals surface area contributed by atoms with Crippen molar-refractivity contribution in [3.8, 4) is 0 Å². The Bertz CT molecular complexity index is 210. The van der Waals surface area contributed by atoms with Crippen LogP contribution in [0.3, 0.4) is 0 Å². The molecule has 0 amide bonds. The fourth-order valence-electron chi connectivity index (χ4n) is 0.708. The summed E-state index contributed by atoms with van der Waals surface area (Å²) in [6.07, 6.45) is 0. The topological polar surface area (TPSA) is 26.0 Å². The van der Waals surface area contributed by atoms with Crippen LogP contribution in [-0.4, -0.2) is 0 Å². The lowest BCUT2D eigenvalue weighted by molar-refractivity contribution is 0.838. The summed E-state index contributed by atoms with van der Waals surface area (Å²) in [7, 11) is 0. The van der Waals surface area contributed by atoms with E-state index in [0.29, 0.717) is 0 Å². The van der Waals surface area contributed by atoms with Crippen LogP contribution in [0.25, 0.3) is 0 Å². The first kappa shape index (κ1) is 8.05. The van der Waals surface area contributed by atoms with Gasteiger partial charge in [0.2, 0.25) is 0 Å². The molecular weight excluding hydrogens is 166 g/mol. The molecule has 1 unspecified atom stereocenters. The maximum atomic E-state index is 5.84. The summed E-state index contributed by atoms with van der Waals surface area (Å²) in [5.41, 5.74) is 6.77. The molecule has 1 nitrogen and oxygen atoms in total. The minimum Gasteiger partial charge on any atom is -0.324 e. The largest absolute Gasteiger partial charge is 0.324 e. The smallest absolute Gasteiger partial charge is 0.0960 e. The molecule has 10 heavy (non-hydrogen) atoms. The summed E-state index contributed by atoms with van der Waals surface area (Å²) in [5, 5.41) is 0. The first-order valence-electron chi connectivity index (χ1n) is 3.12. The first-order chi connectivity index (χ1) is 4.61. The van der Waals surface area contributed by atoms with E-state index in [4.69, 9.17) is 17.3 Å². The maximum absolute atomic E-state index is 5.84. The Morgan fingerprint density at radius 1 is 1.70 bits per heavy atom. The van der Waals surface area contributed by atoms with Crippen molar-refractivity contribution in [3.63, 3.8) is 0 Å². The summed E-state index contributed by atoms with van der Waals surface area (Å²) in [4.78, 5) is 1.16. The van der Waals surface area contributed by atoms with Crippen LogP contribution in [0.5, 0.6) is 0 Å². The highest BCUT2D eigenvalue weighted by atomic mass is 35.5. The molecule has 0 aliphatic carbocycles. The lowest BCUT2D eigenvalue weighted by Gasteiger charge is -1.96.